The highest BCUT2D eigenvalue weighted by Gasteiger charge is 2.17. The van der Waals surface area contributed by atoms with Crippen molar-refractivity contribution in [3.05, 3.63) is 42.2 Å². The van der Waals surface area contributed by atoms with Crippen LogP contribution in [0, 0.1) is 0 Å². The van der Waals surface area contributed by atoms with Gasteiger partial charge in [0.05, 0.1) is 0 Å². The van der Waals surface area contributed by atoms with E-state index in [9.17, 15) is 0 Å². The molecule has 0 saturated heterocycles. The number of nitrogens with one attached hydrogen (secondary N) is 2. The molecule has 0 atom stereocenters. The van der Waals surface area contributed by atoms with Gasteiger partial charge in [-0.05, 0) is 30.9 Å². The van der Waals surface area contributed by atoms with Crippen LogP contribution in [0.15, 0.2) is 36.7 Å². The van der Waals surface area contributed by atoms with Gasteiger partial charge in [0.1, 0.15) is 18.0 Å². The summed E-state index contributed by atoms with van der Waals surface area (Å²) in [6, 6.07) is 10.6. The van der Waals surface area contributed by atoms with E-state index in [1.54, 1.807) is 6.33 Å². The predicted octanol–water partition coefficient (Wildman–Crippen LogP) is 4.34. The first-order valence-corrected chi connectivity index (χ1v) is 7.31. The Kier molecular flexibility index (Phi) is 4.46. The largest absolute Gasteiger partial charge is 0.368 e. The lowest BCUT2D eigenvalue weighted by atomic mass is 9.86. The fraction of sp³-hybridized carbons (Fsp3) is 0.412. The molecule has 0 saturated carbocycles. The SMILES string of the molecule is CC(C)Nc1cc(Nc2ccccc2C(C)(C)C)ncn1. The minimum atomic E-state index is 0.0790. The van der Waals surface area contributed by atoms with Crippen molar-refractivity contribution in [1.29, 1.82) is 0 Å². The number of benzene rings is 1. The lowest BCUT2D eigenvalue weighted by Crippen LogP contribution is -2.14. The summed E-state index contributed by atoms with van der Waals surface area (Å²) in [4.78, 5) is 8.53. The van der Waals surface area contributed by atoms with Crippen molar-refractivity contribution in [2.45, 2.75) is 46.1 Å². The number of rotatable bonds is 4. The molecule has 0 aliphatic carbocycles. The van der Waals surface area contributed by atoms with Crippen molar-refractivity contribution in [1.82, 2.24) is 9.97 Å². The van der Waals surface area contributed by atoms with Crippen molar-refractivity contribution in [2.24, 2.45) is 0 Å². The smallest absolute Gasteiger partial charge is 0.135 e. The Morgan fingerprint density at radius 2 is 1.67 bits per heavy atom. The second-order valence-corrected chi connectivity index (χ2v) is 6.51. The van der Waals surface area contributed by atoms with Crippen molar-refractivity contribution in [3.8, 4) is 0 Å². The lowest BCUT2D eigenvalue weighted by molar-refractivity contribution is 0.592. The van der Waals surface area contributed by atoms with E-state index in [0.29, 0.717) is 6.04 Å². The third-order valence-electron chi connectivity index (χ3n) is 3.10. The van der Waals surface area contributed by atoms with Crippen LogP contribution in [0.1, 0.15) is 40.2 Å². The molecular formula is C17H24N4. The van der Waals surface area contributed by atoms with E-state index >= 15 is 0 Å². The predicted molar refractivity (Wildman–Crippen MR) is 89.2 cm³/mol. The molecule has 0 aliphatic heterocycles. The molecule has 4 heteroatoms. The number of nitrogens with zero attached hydrogens (tertiary/aromatic N) is 2. The summed E-state index contributed by atoms with van der Waals surface area (Å²) in [6.45, 7) is 10.8. The number of para-hydroxylation sites is 1. The average Bonchev–Trinajstić information content (AvgIpc) is 2.37. The normalized spacial score (nSPS) is 11.5. The van der Waals surface area contributed by atoms with Gasteiger partial charge in [-0.25, -0.2) is 9.97 Å². The van der Waals surface area contributed by atoms with E-state index in [2.05, 4.69) is 73.4 Å². The van der Waals surface area contributed by atoms with E-state index in [4.69, 9.17) is 0 Å². The van der Waals surface area contributed by atoms with Crippen LogP contribution >= 0.6 is 0 Å². The maximum absolute atomic E-state index is 4.30. The molecule has 21 heavy (non-hydrogen) atoms. The molecule has 0 spiro atoms. The minimum absolute atomic E-state index is 0.0790. The monoisotopic (exact) mass is 284 g/mol. The molecule has 2 aromatic rings. The first-order chi connectivity index (χ1) is 9.86. The maximum atomic E-state index is 4.30. The summed E-state index contributed by atoms with van der Waals surface area (Å²) in [7, 11) is 0. The van der Waals surface area contributed by atoms with Gasteiger partial charge in [-0.2, -0.15) is 0 Å². The molecule has 1 aromatic carbocycles. The molecule has 0 aliphatic rings. The van der Waals surface area contributed by atoms with Crippen molar-refractivity contribution in [3.63, 3.8) is 0 Å². The highest BCUT2D eigenvalue weighted by molar-refractivity contribution is 5.63. The lowest BCUT2D eigenvalue weighted by Gasteiger charge is -2.23. The summed E-state index contributed by atoms with van der Waals surface area (Å²) in [5, 5.41) is 6.69. The van der Waals surface area contributed by atoms with Crippen molar-refractivity contribution in [2.75, 3.05) is 10.6 Å². The third kappa shape index (κ3) is 4.18. The summed E-state index contributed by atoms with van der Waals surface area (Å²) < 4.78 is 0. The van der Waals surface area contributed by atoms with Gasteiger partial charge in [-0.3, -0.25) is 0 Å². The Morgan fingerprint density at radius 3 is 2.33 bits per heavy atom. The molecule has 1 heterocycles. The molecule has 112 valence electrons. The molecule has 1 aromatic heterocycles. The first-order valence-electron chi connectivity index (χ1n) is 7.31. The topological polar surface area (TPSA) is 49.8 Å². The summed E-state index contributed by atoms with van der Waals surface area (Å²) in [5.41, 5.74) is 2.43. The van der Waals surface area contributed by atoms with Crippen molar-refractivity contribution >= 4 is 17.3 Å². The van der Waals surface area contributed by atoms with Gasteiger partial charge in [0.25, 0.3) is 0 Å². The highest BCUT2D eigenvalue weighted by atomic mass is 15.1. The summed E-state index contributed by atoms with van der Waals surface area (Å²) >= 11 is 0. The molecule has 4 nitrogen and oxygen atoms in total. The molecule has 0 unspecified atom stereocenters. The molecule has 2 N–H and O–H groups in total. The van der Waals surface area contributed by atoms with Gasteiger partial charge in [0, 0.05) is 17.8 Å². The Balaban J connectivity index is 2.27. The molecule has 0 fully saturated rings. The molecular weight excluding hydrogens is 260 g/mol. The summed E-state index contributed by atoms with van der Waals surface area (Å²) in [5.74, 6) is 1.63. The molecule has 0 radical (unpaired) electrons. The van der Waals surface area contributed by atoms with Crippen LogP contribution in [0.3, 0.4) is 0 Å². The van der Waals surface area contributed by atoms with Gasteiger partial charge in [0.2, 0.25) is 0 Å². The fourth-order valence-electron chi connectivity index (χ4n) is 2.18. The Labute approximate surface area is 127 Å². The maximum Gasteiger partial charge on any atom is 0.135 e. The Bertz CT molecular complexity index is 600. The van der Waals surface area contributed by atoms with Crippen LogP contribution in [0.4, 0.5) is 17.3 Å². The summed E-state index contributed by atoms with van der Waals surface area (Å²) in [6.07, 6.45) is 1.58. The van der Waals surface area contributed by atoms with Crippen LogP contribution in [0.2, 0.25) is 0 Å². The third-order valence-corrected chi connectivity index (χ3v) is 3.10. The van der Waals surface area contributed by atoms with Crippen LogP contribution < -0.4 is 10.6 Å². The van der Waals surface area contributed by atoms with E-state index in [1.165, 1.54) is 5.56 Å². The van der Waals surface area contributed by atoms with E-state index in [0.717, 1.165) is 17.3 Å². The standard InChI is InChI=1S/C17H24N4/c1-12(2)20-15-10-16(19-11-18-15)21-14-9-7-6-8-13(14)17(3,4)5/h6-12H,1-5H3,(H2,18,19,20,21). The molecule has 2 rings (SSSR count). The van der Waals surface area contributed by atoms with E-state index in [1.807, 2.05) is 12.1 Å². The van der Waals surface area contributed by atoms with Crippen LogP contribution in [0.25, 0.3) is 0 Å². The number of anilines is 3. The zero-order chi connectivity index (χ0) is 15.5. The number of hydrogen-bond acceptors (Lipinski definition) is 4. The minimum Gasteiger partial charge on any atom is -0.368 e. The quantitative estimate of drug-likeness (QED) is 0.877. The second-order valence-electron chi connectivity index (χ2n) is 6.51. The van der Waals surface area contributed by atoms with Crippen LogP contribution in [0.5, 0.6) is 0 Å². The van der Waals surface area contributed by atoms with Gasteiger partial charge >= 0.3 is 0 Å². The van der Waals surface area contributed by atoms with Gasteiger partial charge in [-0.15, -0.1) is 0 Å². The molecule has 0 amide bonds. The van der Waals surface area contributed by atoms with Gasteiger partial charge in [0.15, 0.2) is 0 Å². The number of hydrogen-bond donors (Lipinski definition) is 2. The van der Waals surface area contributed by atoms with Crippen LogP contribution in [-0.4, -0.2) is 16.0 Å². The fourth-order valence-corrected chi connectivity index (χ4v) is 2.18. The van der Waals surface area contributed by atoms with Gasteiger partial charge in [-0.1, -0.05) is 39.0 Å². The Morgan fingerprint density at radius 1 is 1.00 bits per heavy atom. The van der Waals surface area contributed by atoms with E-state index < -0.39 is 0 Å². The first kappa shape index (κ1) is 15.3. The second kappa shape index (κ2) is 6.12. The zero-order valence-electron chi connectivity index (χ0n) is 13.4. The highest BCUT2D eigenvalue weighted by Crippen LogP contribution is 2.30. The van der Waals surface area contributed by atoms with Crippen LogP contribution in [-0.2, 0) is 5.41 Å². The Hall–Kier alpha value is -2.10. The zero-order valence-corrected chi connectivity index (χ0v) is 13.4. The van der Waals surface area contributed by atoms with E-state index in [-0.39, 0.29) is 5.41 Å². The van der Waals surface area contributed by atoms with Gasteiger partial charge < -0.3 is 10.6 Å². The number of aromatic nitrogens is 2. The molecule has 0 bridgehead atoms. The van der Waals surface area contributed by atoms with Crippen molar-refractivity contribution < 1.29 is 0 Å². The average molecular weight is 284 g/mol.